The molecule has 2 aliphatic rings. The molecule has 1 N–H and O–H groups in total. The maximum atomic E-state index is 13.0. The molecule has 4 nitrogen and oxygen atoms in total. The lowest BCUT2D eigenvalue weighted by Crippen LogP contribution is -2.41. The molecule has 0 spiro atoms. The number of amides is 1. The first-order valence-electron chi connectivity index (χ1n) is 8.44. The number of aliphatic carboxylic acids is 1. The summed E-state index contributed by atoms with van der Waals surface area (Å²) in [6.07, 6.45) is 2.91. The van der Waals surface area contributed by atoms with Crippen LogP contribution in [-0.4, -0.2) is 35.0 Å². The van der Waals surface area contributed by atoms with Crippen LogP contribution in [0.1, 0.15) is 32.3 Å². The zero-order valence-electron chi connectivity index (χ0n) is 13.9. The van der Waals surface area contributed by atoms with Gasteiger partial charge in [-0.05, 0) is 36.7 Å². The van der Waals surface area contributed by atoms with Crippen molar-refractivity contribution in [2.45, 2.75) is 33.1 Å². The quantitative estimate of drug-likeness (QED) is 0.909. The Kier molecular flexibility index (Phi) is 4.17. The largest absolute Gasteiger partial charge is 0.481 e. The number of likely N-dealkylation sites (tertiary alicyclic amines) is 1. The maximum Gasteiger partial charge on any atom is 0.308 e. The highest BCUT2D eigenvalue weighted by atomic mass is 16.4. The Hall–Kier alpha value is -1.84. The monoisotopic (exact) mass is 315 g/mol. The van der Waals surface area contributed by atoms with Crippen molar-refractivity contribution in [2.24, 2.45) is 23.2 Å². The Morgan fingerprint density at radius 2 is 1.83 bits per heavy atom. The van der Waals surface area contributed by atoms with Gasteiger partial charge in [0.1, 0.15) is 0 Å². The van der Waals surface area contributed by atoms with Crippen LogP contribution in [0.4, 0.5) is 0 Å². The summed E-state index contributed by atoms with van der Waals surface area (Å²) < 4.78 is 0. The van der Waals surface area contributed by atoms with E-state index in [1.807, 2.05) is 44.2 Å². The van der Waals surface area contributed by atoms with Crippen molar-refractivity contribution in [1.82, 2.24) is 4.90 Å². The van der Waals surface area contributed by atoms with Crippen molar-refractivity contribution in [2.75, 3.05) is 13.1 Å². The fraction of sp³-hybridized carbons (Fsp3) is 0.579. The van der Waals surface area contributed by atoms with Crippen LogP contribution >= 0.6 is 0 Å². The predicted octanol–water partition coefficient (Wildman–Crippen LogP) is 2.82. The van der Waals surface area contributed by atoms with Crippen molar-refractivity contribution in [3.05, 3.63) is 35.9 Å². The van der Waals surface area contributed by atoms with E-state index < -0.39 is 11.4 Å². The van der Waals surface area contributed by atoms with Crippen LogP contribution in [0.25, 0.3) is 0 Å². The van der Waals surface area contributed by atoms with Gasteiger partial charge in [0.15, 0.2) is 0 Å². The van der Waals surface area contributed by atoms with Crippen LogP contribution in [0.2, 0.25) is 0 Å². The van der Waals surface area contributed by atoms with E-state index >= 15 is 0 Å². The van der Waals surface area contributed by atoms with Gasteiger partial charge in [-0.3, -0.25) is 9.59 Å². The molecule has 1 aromatic rings. The number of carbonyl (C=O) groups excluding carboxylic acids is 1. The Balaban J connectivity index is 1.70. The standard InChI is InChI=1S/C19H25NO3/c1-19(2,10-13-6-4-3-5-7-13)18(23)20-11-15(14-8-9-14)16(12-20)17(21)22/h3-7,14-16H,8-12H2,1-2H3,(H,21,22)/t15-,16+/m1/s1. The molecule has 0 bridgehead atoms. The summed E-state index contributed by atoms with van der Waals surface area (Å²) >= 11 is 0. The molecule has 4 heteroatoms. The topological polar surface area (TPSA) is 57.6 Å². The lowest BCUT2D eigenvalue weighted by atomic mass is 9.84. The maximum absolute atomic E-state index is 13.0. The third kappa shape index (κ3) is 3.41. The Morgan fingerprint density at radius 3 is 2.39 bits per heavy atom. The number of nitrogens with zero attached hydrogens (tertiary/aromatic N) is 1. The molecule has 1 saturated heterocycles. The number of carboxylic acid groups (broad SMARTS) is 1. The molecule has 2 fully saturated rings. The molecule has 1 aromatic carbocycles. The van der Waals surface area contributed by atoms with Crippen LogP contribution in [0.15, 0.2) is 30.3 Å². The third-order valence-electron chi connectivity index (χ3n) is 5.26. The van der Waals surface area contributed by atoms with Crippen LogP contribution in [0, 0.1) is 23.2 Å². The highest BCUT2D eigenvalue weighted by Crippen LogP contribution is 2.44. The van der Waals surface area contributed by atoms with Gasteiger partial charge in [-0.25, -0.2) is 0 Å². The number of carboxylic acids is 1. The number of rotatable bonds is 5. The minimum absolute atomic E-state index is 0.0794. The van der Waals surface area contributed by atoms with Crippen LogP contribution in [-0.2, 0) is 16.0 Å². The van der Waals surface area contributed by atoms with Crippen LogP contribution in [0.5, 0.6) is 0 Å². The van der Waals surface area contributed by atoms with E-state index in [0.29, 0.717) is 25.4 Å². The minimum Gasteiger partial charge on any atom is -0.481 e. The summed E-state index contributed by atoms with van der Waals surface area (Å²) in [6.45, 7) is 4.90. The van der Waals surface area contributed by atoms with Crippen molar-refractivity contribution in [3.63, 3.8) is 0 Å². The zero-order chi connectivity index (χ0) is 16.6. The summed E-state index contributed by atoms with van der Waals surface area (Å²) in [6, 6.07) is 10.00. The Morgan fingerprint density at radius 1 is 1.17 bits per heavy atom. The molecule has 2 atom stereocenters. The van der Waals surface area contributed by atoms with E-state index in [9.17, 15) is 14.7 Å². The molecule has 1 aliphatic heterocycles. The van der Waals surface area contributed by atoms with Gasteiger partial charge in [-0.15, -0.1) is 0 Å². The normalized spacial score (nSPS) is 24.7. The van der Waals surface area contributed by atoms with Crippen LogP contribution < -0.4 is 0 Å². The van der Waals surface area contributed by atoms with Gasteiger partial charge in [0.25, 0.3) is 0 Å². The van der Waals surface area contributed by atoms with Crippen molar-refractivity contribution >= 4 is 11.9 Å². The summed E-state index contributed by atoms with van der Waals surface area (Å²) in [4.78, 5) is 26.3. The van der Waals surface area contributed by atoms with E-state index in [1.54, 1.807) is 4.90 Å². The first-order valence-corrected chi connectivity index (χ1v) is 8.44. The highest BCUT2D eigenvalue weighted by molar-refractivity contribution is 5.84. The molecule has 1 saturated carbocycles. The molecule has 0 aromatic heterocycles. The molecule has 1 amide bonds. The molecular formula is C19H25NO3. The van der Waals surface area contributed by atoms with Crippen molar-refractivity contribution in [3.8, 4) is 0 Å². The zero-order valence-corrected chi connectivity index (χ0v) is 13.9. The summed E-state index contributed by atoms with van der Waals surface area (Å²) in [5.41, 5.74) is 0.627. The molecule has 1 heterocycles. The second kappa shape index (κ2) is 5.99. The molecular weight excluding hydrogens is 290 g/mol. The molecule has 1 aliphatic carbocycles. The van der Waals surface area contributed by atoms with Gasteiger partial charge in [-0.2, -0.15) is 0 Å². The second-order valence-corrected chi connectivity index (χ2v) is 7.70. The van der Waals surface area contributed by atoms with E-state index in [2.05, 4.69) is 0 Å². The van der Waals surface area contributed by atoms with Gasteiger partial charge < -0.3 is 10.0 Å². The molecule has 124 valence electrons. The van der Waals surface area contributed by atoms with Gasteiger partial charge >= 0.3 is 5.97 Å². The summed E-state index contributed by atoms with van der Waals surface area (Å²) in [5.74, 6) is -0.414. The predicted molar refractivity (Wildman–Crippen MR) is 87.8 cm³/mol. The average molecular weight is 315 g/mol. The van der Waals surface area contributed by atoms with E-state index in [1.165, 1.54) is 0 Å². The third-order valence-corrected chi connectivity index (χ3v) is 5.26. The highest BCUT2D eigenvalue weighted by Gasteiger charge is 2.48. The fourth-order valence-corrected chi connectivity index (χ4v) is 3.87. The summed E-state index contributed by atoms with van der Waals surface area (Å²) in [5, 5.41) is 9.46. The van der Waals surface area contributed by atoms with Gasteiger partial charge in [0.05, 0.1) is 5.92 Å². The first-order chi connectivity index (χ1) is 10.9. The second-order valence-electron chi connectivity index (χ2n) is 7.70. The van der Waals surface area contributed by atoms with E-state index in [4.69, 9.17) is 0 Å². The Bertz CT molecular complexity index is 592. The molecule has 23 heavy (non-hydrogen) atoms. The molecule has 3 rings (SSSR count). The van der Waals surface area contributed by atoms with E-state index in [0.717, 1.165) is 18.4 Å². The number of hydrogen-bond acceptors (Lipinski definition) is 2. The van der Waals surface area contributed by atoms with Gasteiger partial charge in [-0.1, -0.05) is 44.2 Å². The number of benzene rings is 1. The fourth-order valence-electron chi connectivity index (χ4n) is 3.87. The first kappa shape index (κ1) is 16.0. The number of carbonyl (C=O) groups is 2. The average Bonchev–Trinajstić information content (AvgIpc) is 3.25. The number of hydrogen-bond donors (Lipinski definition) is 1. The van der Waals surface area contributed by atoms with Gasteiger partial charge in [0.2, 0.25) is 5.91 Å². The van der Waals surface area contributed by atoms with Crippen LogP contribution in [0.3, 0.4) is 0 Å². The van der Waals surface area contributed by atoms with Crippen molar-refractivity contribution < 1.29 is 14.7 Å². The lowest BCUT2D eigenvalue weighted by Gasteiger charge is -2.29. The van der Waals surface area contributed by atoms with E-state index in [-0.39, 0.29) is 17.7 Å². The van der Waals surface area contributed by atoms with Gasteiger partial charge in [0, 0.05) is 18.5 Å². The summed E-state index contributed by atoms with van der Waals surface area (Å²) in [7, 11) is 0. The SMILES string of the molecule is CC(C)(Cc1ccccc1)C(=O)N1C[C@H](C(=O)O)[C@@H](C2CC2)C1. The van der Waals surface area contributed by atoms with Crippen molar-refractivity contribution in [1.29, 1.82) is 0 Å². The minimum atomic E-state index is -0.752. The molecule has 0 unspecified atom stereocenters. The smallest absolute Gasteiger partial charge is 0.308 e. The lowest BCUT2D eigenvalue weighted by molar-refractivity contribution is -0.143. The molecule has 0 radical (unpaired) electrons. The Labute approximate surface area is 137 Å².